The second-order valence-electron chi connectivity index (χ2n) is 5.16. The molecule has 0 radical (unpaired) electrons. The Labute approximate surface area is 120 Å². The first-order valence-electron chi connectivity index (χ1n) is 8.06. The third-order valence-corrected chi connectivity index (χ3v) is 3.32. The molecule has 2 N–H and O–H groups in total. The van der Waals surface area contributed by atoms with E-state index in [1.54, 1.807) is 6.08 Å². The Hall–Kier alpha value is -0.820. The van der Waals surface area contributed by atoms with Crippen LogP contribution in [0.25, 0.3) is 0 Å². The van der Waals surface area contributed by atoms with Gasteiger partial charge in [0.1, 0.15) is 0 Å². The number of rotatable bonds is 14. The van der Waals surface area contributed by atoms with Crippen LogP contribution in [0.1, 0.15) is 70.6 Å². The molecule has 110 valence electrons. The third-order valence-electron chi connectivity index (χ3n) is 3.32. The fourth-order valence-corrected chi connectivity index (χ4v) is 2.14. The van der Waals surface area contributed by atoms with Crippen molar-refractivity contribution < 1.29 is 0 Å². The molecule has 0 aromatic carbocycles. The molecule has 0 spiro atoms. The van der Waals surface area contributed by atoms with Gasteiger partial charge in [0.05, 0.1) is 0 Å². The van der Waals surface area contributed by atoms with Crippen LogP contribution in [0.5, 0.6) is 0 Å². The molecule has 0 unspecified atom stereocenters. The van der Waals surface area contributed by atoms with Gasteiger partial charge < -0.3 is 5.73 Å². The van der Waals surface area contributed by atoms with Crippen LogP contribution >= 0.6 is 0 Å². The monoisotopic (exact) mass is 263 g/mol. The molecule has 0 aliphatic rings. The lowest BCUT2D eigenvalue weighted by Gasteiger charge is -2.01. The first kappa shape index (κ1) is 18.2. The van der Waals surface area contributed by atoms with Crippen molar-refractivity contribution in [2.75, 3.05) is 6.54 Å². The molecule has 0 aromatic rings. The van der Waals surface area contributed by atoms with E-state index in [0.29, 0.717) is 0 Å². The predicted octanol–water partition coefficient (Wildman–Crippen LogP) is 5.53. The second kappa shape index (κ2) is 17.2. The molecule has 1 heteroatoms. The average Bonchev–Trinajstić information content (AvgIpc) is 2.43. The number of hydrogen-bond donors (Lipinski definition) is 1. The summed E-state index contributed by atoms with van der Waals surface area (Å²) in [5, 5.41) is 0. The molecule has 19 heavy (non-hydrogen) atoms. The van der Waals surface area contributed by atoms with Gasteiger partial charge in [-0.15, -0.1) is 0 Å². The molecule has 0 atom stereocenters. The normalized spacial score (nSPS) is 11.6. The summed E-state index contributed by atoms with van der Waals surface area (Å²) >= 11 is 0. The highest BCUT2D eigenvalue weighted by Crippen LogP contribution is 2.11. The smallest absolute Gasteiger partial charge is 0.00773 e. The van der Waals surface area contributed by atoms with E-state index in [1.807, 2.05) is 12.2 Å². The Balaban J connectivity index is 3.04. The van der Waals surface area contributed by atoms with Gasteiger partial charge in [-0.2, -0.15) is 0 Å². The van der Waals surface area contributed by atoms with E-state index < -0.39 is 0 Å². The summed E-state index contributed by atoms with van der Waals surface area (Å²) in [5.41, 5.74) is 5.47. The molecule has 0 aliphatic carbocycles. The van der Waals surface area contributed by atoms with Gasteiger partial charge in [0.2, 0.25) is 0 Å². The van der Waals surface area contributed by atoms with E-state index in [9.17, 15) is 0 Å². The topological polar surface area (TPSA) is 26.0 Å². The minimum atomic E-state index is 0.859. The summed E-state index contributed by atoms with van der Waals surface area (Å²) in [5.74, 6) is 0. The van der Waals surface area contributed by atoms with Crippen LogP contribution in [0.3, 0.4) is 0 Å². The summed E-state index contributed by atoms with van der Waals surface area (Å²) < 4.78 is 0. The van der Waals surface area contributed by atoms with Gasteiger partial charge in [0, 0.05) is 0 Å². The molecule has 0 amide bonds. The maximum absolute atomic E-state index is 5.47. The van der Waals surface area contributed by atoms with Gasteiger partial charge in [-0.25, -0.2) is 0 Å². The number of hydrogen-bond acceptors (Lipinski definition) is 1. The Morgan fingerprint density at radius 2 is 1.16 bits per heavy atom. The molecule has 0 bridgehead atoms. The van der Waals surface area contributed by atoms with Crippen molar-refractivity contribution in [1.82, 2.24) is 0 Å². The molecule has 1 nitrogen and oxygen atoms in total. The van der Waals surface area contributed by atoms with Crippen LogP contribution in [-0.4, -0.2) is 6.54 Å². The van der Waals surface area contributed by atoms with Crippen LogP contribution < -0.4 is 5.73 Å². The van der Waals surface area contributed by atoms with Crippen LogP contribution in [-0.2, 0) is 0 Å². The molecular formula is C18H33N. The van der Waals surface area contributed by atoms with E-state index in [-0.39, 0.29) is 0 Å². The number of nitrogens with two attached hydrogens (primary N) is 1. The summed E-state index contributed by atoms with van der Waals surface area (Å²) in [7, 11) is 0. The summed E-state index contributed by atoms with van der Waals surface area (Å²) in [6.45, 7) is 4.50. The maximum atomic E-state index is 5.47. The third kappa shape index (κ3) is 17.2. The largest absolute Gasteiger partial charge is 0.330 e. The van der Waals surface area contributed by atoms with Crippen molar-refractivity contribution in [1.29, 1.82) is 0 Å². The maximum Gasteiger partial charge on any atom is -0.00773 e. The molecule has 0 saturated carbocycles. The lowest BCUT2D eigenvalue weighted by atomic mass is 10.1. The van der Waals surface area contributed by atoms with Crippen molar-refractivity contribution in [2.45, 2.75) is 70.6 Å². The second-order valence-corrected chi connectivity index (χ2v) is 5.16. The minimum absolute atomic E-state index is 0.859. The van der Waals surface area contributed by atoms with Crippen LogP contribution in [0, 0.1) is 0 Å². The minimum Gasteiger partial charge on any atom is -0.330 e. The van der Waals surface area contributed by atoms with Gasteiger partial charge in [-0.1, -0.05) is 88.3 Å². The van der Waals surface area contributed by atoms with E-state index >= 15 is 0 Å². The molecule has 0 aromatic heterocycles. The molecular weight excluding hydrogens is 230 g/mol. The highest BCUT2D eigenvalue weighted by molar-refractivity contribution is 5.08. The standard InChI is InChI=1S/C18H33N/c1-2-3-4-5-6-7-8-9-10-11-12-13-14-15-16-17-18-19/h2-6H,1,7-19H2. The Kier molecular flexibility index (Phi) is 16.4. The quantitative estimate of drug-likeness (QED) is 0.323. The van der Waals surface area contributed by atoms with Crippen LogP contribution in [0.4, 0.5) is 0 Å². The van der Waals surface area contributed by atoms with Gasteiger partial charge in [0.25, 0.3) is 0 Å². The Morgan fingerprint density at radius 3 is 1.68 bits per heavy atom. The first-order valence-corrected chi connectivity index (χ1v) is 8.06. The van der Waals surface area contributed by atoms with Crippen LogP contribution in [0.2, 0.25) is 0 Å². The van der Waals surface area contributed by atoms with Gasteiger partial charge in [-0.3, -0.25) is 0 Å². The van der Waals surface area contributed by atoms with Crippen molar-refractivity contribution in [3.05, 3.63) is 37.0 Å². The van der Waals surface area contributed by atoms with E-state index in [4.69, 9.17) is 5.73 Å². The molecule has 0 heterocycles. The Morgan fingerprint density at radius 1 is 0.632 bits per heavy atom. The molecule has 0 rings (SSSR count). The van der Waals surface area contributed by atoms with E-state index in [0.717, 1.165) is 6.54 Å². The molecule has 0 fully saturated rings. The van der Waals surface area contributed by atoms with Crippen molar-refractivity contribution in [3.63, 3.8) is 0 Å². The zero-order valence-corrected chi connectivity index (χ0v) is 12.7. The zero-order chi connectivity index (χ0) is 14.0. The number of unbranched alkanes of at least 4 members (excludes halogenated alkanes) is 10. The lowest BCUT2D eigenvalue weighted by molar-refractivity contribution is 0.554. The number of allylic oxidation sites excluding steroid dienone is 5. The van der Waals surface area contributed by atoms with Crippen LogP contribution in [0.15, 0.2) is 37.0 Å². The predicted molar refractivity (Wildman–Crippen MR) is 88.3 cm³/mol. The highest BCUT2D eigenvalue weighted by atomic mass is 14.5. The fourth-order valence-electron chi connectivity index (χ4n) is 2.14. The Bertz CT molecular complexity index is 228. The van der Waals surface area contributed by atoms with Gasteiger partial charge >= 0.3 is 0 Å². The fraction of sp³-hybridized carbons (Fsp3) is 0.667. The van der Waals surface area contributed by atoms with Crippen molar-refractivity contribution >= 4 is 0 Å². The van der Waals surface area contributed by atoms with Gasteiger partial charge in [0.15, 0.2) is 0 Å². The molecule has 0 aliphatic heterocycles. The zero-order valence-electron chi connectivity index (χ0n) is 12.7. The summed E-state index contributed by atoms with van der Waals surface area (Å²) in [6, 6.07) is 0. The summed E-state index contributed by atoms with van der Waals surface area (Å²) in [4.78, 5) is 0. The summed E-state index contributed by atoms with van der Waals surface area (Å²) in [6.07, 6.45) is 25.0. The van der Waals surface area contributed by atoms with E-state index in [2.05, 4.69) is 18.7 Å². The first-order chi connectivity index (χ1) is 9.41. The van der Waals surface area contributed by atoms with Crippen molar-refractivity contribution in [2.24, 2.45) is 5.73 Å². The average molecular weight is 263 g/mol. The molecule has 0 saturated heterocycles. The van der Waals surface area contributed by atoms with Gasteiger partial charge in [-0.05, 0) is 25.8 Å². The van der Waals surface area contributed by atoms with E-state index in [1.165, 1.54) is 70.6 Å². The van der Waals surface area contributed by atoms with Crippen molar-refractivity contribution in [3.8, 4) is 0 Å². The SMILES string of the molecule is C=CC=CC=CCCCCCCCCCCCCN. The lowest BCUT2D eigenvalue weighted by Crippen LogP contribution is -1.97. The highest BCUT2D eigenvalue weighted by Gasteiger charge is 1.92.